The van der Waals surface area contributed by atoms with E-state index in [0.717, 1.165) is 13.0 Å². The van der Waals surface area contributed by atoms with Gasteiger partial charge in [-0.2, -0.15) is 4.98 Å². The van der Waals surface area contributed by atoms with E-state index in [1.54, 1.807) is 19.4 Å². The molecule has 0 bridgehead atoms. The van der Waals surface area contributed by atoms with Crippen molar-refractivity contribution in [1.29, 1.82) is 0 Å². The zero-order valence-corrected chi connectivity index (χ0v) is 9.27. The van der Waals surface area contributed by atoms with Crippen molar-refractivity contribution in [3.63, 3.8) is 0 Å². The maximum atomic E-state index is 5.49. The summed E-state index contributed by atoms with van der Waals surface area (Å²) in [6.45, 7) is 2.00. The summed E-state index contributed by atoms with van der Waals surface area (Å²) >= 11 is 0. The summed E-state index contributed by atoms with van der Waals surface area (Å²) in [6, 6.07) is 1.77. The van der Waals surface area contributed by atoms with Gasteiger partial charge in [-0.3, -0.25) is 0 Å². The van der Waals surface area contributed by atoms with Gasteiger partial charge in [-0.15, -0.1) is 0 Å². The minimum atomic E-state index is -0.250. The van der Waals surface area contributed by atoms with Gasteiger partial charge in [0, 0.05) is 32.9 Å². The molecule has 2 rings (SSSR count). The number of hydrogen-bond donors (Lipinski definition) is 2. The van der Waals surface area contributed by atoms with Crippen LogP contribution in [0.1, 0.15) is 6.42 Å². The summed E-state index contributed by atoms with van der Waals surface area (Å²) in [5, 5.41) is 3.18. The van der Waals surface area contributed by atoms with Crippen LogP contribution in [0.4, 0.5) is 11.8 Å². The largest absolute Gasteiger partial charge is 0.378 e. The summed E-state index contributed by atoms with van der Waals surface area (Å²) in [5.41, 5.74) is 5.24. The van der Waals surface area contributed by atoms with E-state index in [1.165, 1.54) is 0 Å². The first-order valence-corrected chi connectivity index (χ1v) is 5.19. The van der Waals surface area contributed by atoms with Crippen molar-refractivity contribution in [2.75, 3.05) is 37.9 Å². The summed E-state index contributed by atoms with van der Waals surface area (Å²) in [4.78, 5) is 7.89. The monoisotopic (exact) mass is 224 g/mol. The second-order valence-electron chi connectivity index (χ2n) is 3.84. The predicted octanol–water partition coefficient (Wildman–Crippen LogP) is 0.276. The van der Waals surface area contributed by atoms with E-state index in [9.17, 15) is 0 Å². The molecular formula is C10H16N4O2. The Hall–Kier alpha value is -1.40. The molecule has 1 fully saturated rings. The number of anilines is 2. The molecule has 0 saturated carbocycles. The van der Waals surface area contributed by atoms with Crippen molar-refractivity contribution in [2.45, 2.75) is 12.0 Å². The minimum absolute atomic E-state index is 0.250. The van der Waals surface area contributed by atoms with Crippen LogP contribution in [0, 0.1) is 0 Å². The zero-order chi connectivity index (χ0) is 11.4. The average molecular weight is 224 g/mol. The second kappa shape index (κ2) is 4.63. The lowest BCUT2D eigenvalue weighted by atomic mass is 10.0. The van der Waals surface area contributed by atoms with Gasteiger partial charge in [0.2, 0.25) is 5.95 Å². The highest BCUT2D eigenvalue weighted by Crippen LogP contribution is 2.22. The van der Waals surface area contributed by atoms with E-state index >= 15 is 0 Å². The molecule has 1 aromatic rings. The van der Waals surface area contributed by atoms with Gasteiger partial charge in [-0.1, -0.05) is 0 Å². The maximum Gasteiger partial charge on any atom is 0.221 e. The lowest BCUT2D eigenvalue weighted by Gasteiger charge is -2.26. The molecule has 0 spiro atoms. The van der Waals surface area contributed by atoms with Gasteiger partial charge >= 0.3 is 0 Å². The minimum Gasteiger partial charge on any atom is -0.378 e. The van der Waals surface area contributed by atoms with E-state index in [4.69, 9.17) is 15.2 Å². The number of aromatic nitrogens is 2. The Kier molecular flexibility index (Phi) is 3.21. The normalized spacial score (nSPS) is 24.6. The molecule has 1 saturated heterocycles. The molecule has 0 amide bonds. The molecule has 1 aliphatic heterocycles. The molecule has 0 radical (unpaired) electrons. The molecule has 1 unspecified atom stereocenters. The molecule has 6 heteroatoms. The summed E-state index contributed by atoms with van der Waals surface area (Å²) < 4.78 is 10.8. The van der Waals surface area contributed by atoms with Crippen LogP contribution in [-0.2, 0) is 9.47 Å². The van der Waals surface area contributed by atoms with Crippen LogP contribution in [0.2, 0.25) is 0 Å². The highest BCUT2D eigenvalue weighted by molar-refractivity contribution is 5.37. The van der Waals surface area contributed by atoms with E-state index in [2.05, 4.69) is 15.3 Å². The Labute approximate surface area is 94.2 Å². The molecule has 6 nitrogen and oxygen atoms in total. The first-order chi connectivity index (χ1) is 7.74. The number of nitrogens with one attached hydrogen (secondary N) is 1. The molecule has 0 aliphatic carbocycles. The smallest absolute Gasteiger partial charge is 0.221 e. The lowest BCUT2D eigenvalue weighted by molar-refractivity contribution is -0.00625. The van der Waals surface area contributed by atoms with Gasteiger partial charge in [-0.05, 0) is 6.07 Å². The number of hydrogen-bond acceptors (Lipinski definition) is 6. The molecule has 1 aliphatic rings. The predicted molar refractivity (Wildman–Crippen MR) is 60.1 cm³/mol. The molecule has 2 heterocycles. The molecule has 1 aromatic heterocycles. The Morgan fingerprint density at radius 3 is 3.19 bits per heavy atom. The topological polar surface area (TPSA) is 82.3 Å². The number of nitrogens with zero attached hydrogens (tertiary/aromatic N) is 2. The third-order valence-corrected chi connectivity index (χ3v) is 2.77. The van der Waals surface area contributed by atoms with Crippen molar-refractivity contribution < 1.29 is 9.47 Å². The zero-order valence-electron chi connectivity index (χ0n) is 9.27. The fraction of sp³-hybridized carbons (Fsp3) is 0.600. The van der Waals surface area contributed by atoms with Crippen molar-refractivity contribution in [3.05, 3.63) is 12.3 Å². The average Bonchev–Trinajstić information content (AvgIpc) is 2.76. The van der Waals surface area contributed by atoms with Crippen LogP contribution in [0.5, 0.6) is 0 Å². The summed E-state index contributed by atoms with van der Waals surface area (Å²) in [6.07, 6.45) is 2.51. The third-order valence-electron chi connectivity index (χ3n) is 2.77. The number of nitrogens with two attached hydrogens (primary N) is 1. The molecule has 16 heavy (non-hydrogen) atoms. The van der Waals surface area contributed by atoms with Crippen molar-refractivity contribution in [3.8, 4) is 0 Å². The van der Waals surface area contributed by atoms with Crippen molar-refractivity contribution in [1.82, 2.24) is 9.97 Å². The summed E-state index contributed by atoms with van der Waals surface area (Å²) in [5.74, 6) is 0.968. The second-order valence-corrected chi connectivity index (χ2v) is 3.84. The number of rotatable bonds is 4. The highest BCUT2D eigenvalue weighted by Gasteiger charge is 2.34. The number of nitrogen functional groups attached to an aromatic ring is 1. The van der Waals surface area contributed by atoms with Gasteiger partial charge < -0.3 is 20.5 Å². The van der Waals surface area contributed by atoms with Gasteiger partial charge in [0.15, 0.2) is 0 Å². The fourth-order valence-electron chi connectivity index (χ4n) is 1.68. The van der Waals surface area contributed by atoms with Gasteiger partial charge in [-0.25, -0.2) is 4.98 Å². The molecule has 0 aromatic carbocycles. The Bertz CT molecular complexity index is 352. The van der Waals surface area contributed by atoms with Crippen LogP contribution in [-0.4, -0.2) is 42.4 Å². The number of ether oxygens (including phenoxy) is 2. The first kappa shape index (κ1) is 11.1. The first-order valence-electron chi connectivity index (χ1n) is 5.19. The van der Waals surface area contributed by atoms with Crippen LogP contribution in [0.3, 0.4) is 0 Å². The third kappa shape index (κ3) is 2.40. The molecular weight excluding hydrogens is 208 g/mol. The van der Waals surface area contributed by atoms with Crippen LogP contribution < -0.4 is 11.1 Å². The summed E-state index contributed by atoms with van der Waals surface area (Å²) in [7, 11) is 1.70. The quantitative estimate of drug-likeness (QED) is 0.764. The van der Waals surface area contributed by atoms with E-state index in [0.29, 0.717) is 19.0 Å². The van der Waals surface area contributed by atoms with Gasteiger partial charge in [0.05, 0.1) is 6.61 Å². The highest BCUT2D eigenvalue weighted by atomic mass is 16.5. The lowest BCUT2D eigenvalue weighted by Crippen LogP contribution is -2.39. The van der Waals surface area contributed by atoms with Crippen LogP contribution in [0.15, 0.2) is 12.3 Å². The van der Waals surface area contributed by atoms with Crippen molar-refractivity contribution >= 4 is 11.8 Å². The Morgan fingerprint density at radius 2 is 2.56 bits per heavy atom. The van der Waals surface area contributed by atoms with E-state index < -0.39 is 0 Å². The molecule has 88 valence electrons. The number of methoxy groups -OCH3 is 1. The van der Waals surface area contributed by atoms with E-state index in [-0.39, 0.29) is 11.5 Å². The molecule has 3 N–H and O–H groups in total. The van der Waals surface area contributed by atoms with Crippen LogP contribution in [0.25, 0.3) is 0 Å². The van der Waals surface area contributed by atoms with Gasteiger partial charge in [0.1, 0.15) is 11.4 Å². The molecule has 1 atom stereocenters. The fourth-order valence-corrected chi connectivity index (χ4v) is 1.68. The van der Waals surface area contributed by atoms with Crippen molar-refractivity contribution in [2.24, 2.45) is 0 Å². The standard InChI is InChI=1S/C10H16N4O2/c1-15-10(3-5-16-7-10)6-13-8-2-4-12-9(11)14-8/h2,4H,3,5-7H2,1H3,(H3,11,12,13,14). The van der Waals surface area contributed by atoms with Crippen LogP contribution >= 0.6 is 0 Å². The maximum absolute atomic E-state index is 5.49. The van der Waals surface area contributed by atoms with Gasteiger partial charge in [0.25, 0.3) is 0 Å². The Morgan fingerprint density at radius 1 is 1.69 bits per heavy atom. The SMILES string of the molecule is COC1(CNc2ccnc(N)n2)CCOC1. The van der Waals surface area contributed by atoms with E-state index in [1.807, 2.05) is 0 Å². The Balaban J connectivity index is 1.95.